The Morgan fingerprint density at radius 2 is 1.74 bits per heavy atom. The Bertz CT molecular complexity index is 860. The molecule has 0 unspecified atom stereocenters. The summed E-state index contributed by atoms with van der Waals surface area (Å²) in [6, 6.07) is 11.5. The number of anilines is 1. The number of carboxylic acid groups (broad SMARTS) is 1. The van der Waals surface area contributed by atoms with Gasteiger partial charge in [-0.25, -0.2) is 9.78 Å². The molecule has 7 nitrogen and oxygen atoms in total. The van der Waals surface area contributed by atoms with Crippen LogP contribution in [0.15, 0.2) is 42.5 Å². The lowest BCUT2D eigenvalue weighted by atomic mass is 10.1. The molecule has 0 saturated heterocycles. The number of carbonyl (C=O) groups is 3. The van der Waals surface area contributed by atoms with Crippen LogP contribution in [0.25, 0.3) is 0 Å². The molecular formula is C20H21N3O4. The minimum absolute atomic E-state index is 0.0422. The van der Waals surface area contributed by atoms with Crippen LogP contribution in [0.5, 0.6) is 0 Å². The zero-order valence-electron chi connectivity index (χ0n) is 14.8. The van der Waals surface area contributed by atoms with E-state index in [0.29, 0.717) is 5.69 Å². The lowest BCUT2D eigenvalue weighted by Gasteiger charge is -2.12. The molecule has 27 heavy (non-hydrogen) atoms. The molecule has 0 aliphatic heterocycles. The summed E-state index contributed by atoms with van der Waals surface area (Å²) in [5, 5.41) is 14.6. The predicted octanol–water partition coefficient (Wildman–Crippen LogP) is 2.84. The van der Waals surface area contributed by atoms with Crippen molar-refractivity contribution < 1.29 is 19.5 Å². The standard InChI is InChI=1S/C20H21N3O4/c24-18(14-6-1-2-7-14)22-15-8-3-5-13(11-15)12-21-19(25)16-9-4-10-17(23-16)20(26)27/h3-5,8-11,14H,1-2,6-7,12H2,(H,21,25)(H,22,24)(H,26,27). The average Bonchev–Trinajstić information content (AvgIpc) is 3.21. The zero-order chi connectivity index (χ0) is 19.2. The number of nitrogens with one attached hydrogen (secondary N) is 2. The summed E-state index contributed by atoms with van der Waals surface area (Å²) in [5.74, 6) is -1.52. The Morgan fingerprint density at radius 3 is 2.48 bits per heavy atom. The number of benzene rings is 1. The third-order valence-electron chi connectivity index (χ3n) is 4.57. The molecule has 7 heteroatoms. The number of pyridine rings is 1. The Labute approximate surface area is 156 Å². The molecule has 1 aromatic carbocycles. The molecule has 2 amide bonds. The minimum Gasteiger partial charge on any atom is -0.477 e. The maximum absolute atomic E-state index is 12.2. The first kappa shape index (κ1) is 18.6. The van der Waals surface area contributed by atoms with Crippen LogP contribution in [0.2, 0.25) is 0 Å². The van der Waals surface area contributed by atoms with Crippen LogP contribution in [0.1, 0.15) is 52.2 Å². The SMILES string of the molecule is O=C(O)c1cccc(C(=O)NCc2cccc(NC(=O)C3CCCC3)c2)n1. The maximum Gasteiger partial charge on any atom is 0.354 e. The van der Waals surface area contributed by atoms with Gasteiger partial charge in [0.2, 0.25) is 5.91 Å². The Hall–Kier alpha value is -3.22. The maximum atomic E-state index is 12.2. The third-order valence-corrected chi connectivity index (χ3v) is 4.57. The Kier molecular flexibility index (Phi) is 5.80. The van der Waals surface area contributed by atoms with Gasteiger partial charge in [0.25, 0.3) is 5.91 Å². The number of carbonyl (C=O) groups excluding carboxylic acids is 2. The number of amides is 2. The molecule has 2 aromatic rings. The van der Waals surface area contributed by atoms with Gasteiger partial charge in [0.15, 0.2) is 0 Å². The summed E-state index contributed by atoms with van der Waals surface area (Å²) >= 11 is 0. The van der Waals surface area contributed by atoms with Crippen molar-refractivity contribution in [2.75, 3.05) is 5.32 Å². The Balaban J connectivity index is 1.59. The van der Waals surface area contributed by atoms with Crippen molar-refractivity contribution in [1.82, 2.24) is 10.3 Å². The van der Waals surface area contributed by atoms with Gasteiger partial charge in [-0.1, -0.05) is 31.0 Å². The average molecular weight is 367 g/mol. The summed E-state index contributed by atoms with van der Waals surface area (Å²) in [4.78, 5) is 39.2. The highest BCUT2D eigenvalue weighted by molar-refractivity contribution is 5.94. The molecule has 140 valence electrons. The van der Waals surface area contributed by atoms with E-state index >= 15 is 0 Å². The number of aromatic carboxylic acids is 1. The van der Waals surface area contributed by atoms with Crippen LogP contribution in [-0.2, 0) is 11.3 Å². The second-order valence-corrected chi connectivity index (χ2v) is 6.57. The van der Waals surface area contributed by atoms with E-state index in [-0.39, 0.29) is 29.8 Å². The predicted molar refractivity (Wildman–Crippen MR) is 99.4 cm³/mol. The highest BCUT2D eigenvalue weighted by Crippen LogP contribution is 2.26. The van der Waals surface area contributed by atoms with Gasteiger partial charge in [-0.2, -0.15) is 0 Å². The summed E-state index contributed by atoms with van der Waals surface area (Å²) < 4.78 is 0. The molecule has 1 saturated carbocycles. The number of aromatic nitrogens is 1. The Morgan fingerprint density at radius 1 is 1.04 bits per heavy atom. The number of rotatable bonds is 6. The molecule has 1 heterocycles. The van der Waals surface area contributed by atoms with E-state index in [4.69, 9.17) is 5.11 Å². The lowest BCUT2D eigenvalue weighted by Crippen LogP contribution is -2.24. The van der Waals surface area contributed by atoms with E-state index in [2.05, 4.69) is 15.6 Å². The summed E-state index contributed by atoms with van der Waals surface area (Å²) in [7, 11) is 0. The second kappa shape index (κ2) is 8.44. The van der Waals surface area contributed by atoms with Crippen LogP contribution < -0.4 is 10.6 Å². The van der Waals surface area contributed by atoms with Crippen LogP contribution in [-0.4, -0.2) is 27.9 Å². The quantitative estimate of drug-likeness (QED) is 0.727. The lowest BCUT2D eigenvalue weighted by molar-refractivity contribution is -0.119. The van der Waals surface area contributed by atoms with E-state index in [1.54, 1.807) is 0 Å². The fourth-order valence-electron chi connectivity index (χ4n) is 3.14. The molecule has 1 fully saturated rings. The van der Waals surface area contributed by atoms with E-state index < -0.39 is 11.9 Å². The molecule has 1 aliphatic rings. The second-order valence-electron chi connectivity index (χ2n) is 6.57. The van der Waals surface area contributed by atoms with Crippen molar-refractivity contribution in [1.29, 1.82) is 0 Å². The number of hydrogen-bond donors (Lipinski definition) is 3. The highest BCUT2D eigenvalue weighted by Gasteiger charge is 2.22. The van der Waals surface area contributed by atoms with E-state index in [1.807, 2.05) is 24.3 Å². The van der Waals surface area contributed by atoms with E-state index in [1.165, 1.54) is 18.2 Å². The summed E-state index contributed by atoms with van der Waals surface area (Å²) in [6.45, 7) is 0.241. The van der Waals surface area contributed by atoms with Gasteiger partial charge in [-0.15, -0.1) is 0 Å². The summed E-state index contributed by atoms with van der Waals surface area (Å²) in [5.41, 5.74) is 1.38. The monoisotopic (exact) mass is 367 g/mol. The zero-order valence-corrected chi connectivity index (χ0v) is 14.8. The van der Waals surface area contributed by atoms with Crippen molar-refractivity contribution in [2.45, 2.75) is 32.2 Å². The first-order chi connectivity index (χ1) is 13.0. The fourth-order valence-corrected chi connectivity index (χ4v) is 3.14. The molecule has 1 aliphatic carbocycles. The first-order valence-corrected chi connectivity index (χ1v) is 8.91. The van der Waals surface area contributed by atoms with Gasteiger partial charge >= 0.3 is 5.97 Å². The van der Waals surface area contributed by atoms with Crippen molar-refractivity contribution in [3.05, 3.63) is 59.4 Å². The highest BCUT2D eigenvalue weighted by atomic mass is 16.4. The van der Waals surface area contributed by atoms with Gasteiger partial charge in [0.1, 0.15) is 11.4 Å². The molecule has 3 rings (SSSR count). The number of hydrogen-bond acceptors (Lipinski definition) is 4. The molecule has 0 bridgehead atoms. The van der Waals surface area contributed by atoms with E-state index in [0.717, 1.165) is 31.2 Å². The third kappa shape index (κ3) is 4.91. The number of nitrogens with zero attached hydrogens (tertiary/aromatic N) is 1. The van der Waals surface area contributed by atoms with Gasteiger partial charge in [0, 0.05) is 18.2 Å². The molecule has 0 spiro atoms. The van der Waals surface area contributed by atoms with Crippen LogP contribution in [0.4, 0.5) is 5.69 Å². The van der Waals surface area contributed by atoms with E-state index in [9.17, 15) is 14.4 Å². The molecule has 3 N–H and O–H groups in total. The smallest absolute Gasteiger partial charge is 0.354 e. The largest absolute Gasteiger partial charge is 0.477 e. The van der Waals surface area contributed by atoms with Gasteiger partial charge in [0.05, 0.1) is 0 Å². The normalized spacial score (nSPS) is 13.9. The molecule has 0 atom stereocenters. The number of carboxylic acids is 1. The van der Waals surface area contributed by atoms with Gasteiger partial charge in [-0.05, 0) is 42.7 Å². The fraction of sp³-hybridized carbons (Fsp3) is 0.300. The van der Waals surface area contributed by atoms with Crippen molar-refractivity contribution in [2.24, 2.45) is 5.92 Å². The molecule has 0 radical (unpaired) electrons. The van der Waals surface area contributed by atoms with Crippen LogP contribution in [0, 0.1) is 5.92 Å². The van der Waals surface area contributed by atoms with Crippen molar-refractivity contribution in [3.8, 4) is 0 Å². The molecular weight excluding hydrogens is 346 g/mol. The first-order valence-electron chi connectivity index (χ1n) is 8.91. The summed E-state index contributed by atoms with van der Waals surface area (Å²) in [6.07, 6.45) is 4.07. The van der Waals surface area contributed by atoms with Crippen LogP contribution in [0.3, 0.4) is 0 Å². The molecule has 1 aromatic heterocycles. The van der Waals surface area contributed by atoms with Crippen molar-refractivity contribution >= 4 is 23.5 Å². The van der Waals surface area contributed by atoms with Gasteiger partial charge in [-0.3, -0.25) is 9.59 Å². The van der Waals surface area contributed by atoms with Crippen molar-refractivity contribution in [3.63, 3.8) is 0 Å². The topological polar surface area (TPSA) is 108 Å². The van der Waals surface area contributed by atoms with Crippen LogP contribution >= 0.6 is 0 Å². The van der Waals surface area contributed by atoms with Gasteiger partial charge < -0.3 is 15.7 Å². The minimum atomic E-state index is -1.18.